The summed E-state index contributed by atoms with van der Waals surface area (Å²) in [5.74, 6) is 0.729. The number of nitrogens with one attached hydrogen (secondary N) is 1. The first-order valence-corrected chi connectivity index (χ1v) is 5.92. The Bertz CT molecular complexity index is 457. The van der Waals surface area contributed by atoms with Gasteiger partial charge in [-0.3, -0.25) is 0 Å². The molecule has 18 heavy (non-hydrogen) atoms. The van der Waals surface area contributed by atoms with Gasteiger partial charge in [0.1, 0.15) is 0 Å². The van der Waals surface area contributed by atoms with E-state index in [1.807, 2.05) is 12.1 Å². The van der Waals surface area contributed by atoms with E-state index in [-0.39, 0.29) is 0 Å². The van der Waals surface area contributed by atoms with Crippen molar-refractivity contribution in [3.05, 3.63) is 47.6 Å². The summed E-state index contributed by atoms with van der Waals surface area (Å²) >= 11 is 0. The van der Waals surface area contributed by atoms with Crippen molar-refractivity contribution >= 4 is 0 Å². The van der Waals surface area contributed by atoms with Gasteiger partial charge in [0.15, 0.2) is 5.82 Å². The maximum absolute atomic E-state index is 5.17. The molecule has 0 saturated heterocycles. The number of aromatic nitrogens is 2. The molecule has 0 radical (unpaired) electrons. The maximum atomic E-state index is 5.17. The summed E-state index contributed by atoms with van der Waals surface area (Å²) in [6.45, 7) is 2.28. The number of hydrogen-bond donors (Lipinski definition) is 1. The summed E-state index contributed by atoms with van der Waals surface area (Å²) in [5, 5.41) is 7.12. The number of benzene rings is 1. The van der Waals surface area contributed by atoms with Gasteiger partial charge in [-0.25, -0.2) is 0 Å². The third kappa shape index (κ3) is 3.65. The average Bonchev–Trinajstić information content (AvgIpc) is 2.90. The molecule has 96 valence electrons. The zero-order valence-corrected chi connectivity index (χ0v) is 10.4. The van der Waals surface area contributed by atoms with Crippen molar-refractivity contribution in [2.24, 2.45) is 0 Å². The van der Waals surface area contributed by atoms with Gasteiger partial charge < -0.3 is 14.6 Å². The van der Waals surface area contributed by atoms with E-state index in [0.717, 1.165) is 25.3 Å². The molecule has 2 rings (SSSR count). The van der Waals surface area contributed by atoms with Crippen LogP contribution < -0.4 is 5.32 Å². The topological polar surface area (TPSA) is 60.2 Å². The summed E-state index contributed by atoms with van der Waals surface area (Å²) in [6.07, 6.45) is 2.12. The second kappa shape index (κ2) is 6.88. The largest absolute Gasteiger partial charge is 0.380 e. The van der Waals surface area contributed by atoms with Gasteiger partial charge in [-0.05, 0) is 11.1 Å². The number of nitrogens with zero attached hydrogens (tertiary/aromatic N) is 2. The Labute approximate surface area is 106 Å². The van der Waals surface area contributed by atoms with E-state index in [1.165, 1.54) is 17.5 Å². The molecule has 0 spiro atoms. The minimum Gasteiger partial charge on any atom is -0.380 e. The zero-order chi connectivity index (χ0) is 12.6. The molecular formula is C13H17N3O2. The second-order valence-corrected chi connectivity index (χ2v) is 3.98. The predicted octanol–water partition coefficient (Wildman–Crippen LogP) is 1.55. The van der Waals surface area contributed by atoms with Crippen molar-refractivity contribution in [3.8, 4) is 0 Å². The van der Waals surface area contributed by atoms with Crippen LogP contribution in [0.15, 0.2) is 35.2 Å². The highest BCUT2D eigenvalue weighted by Crippen LogP contribution is 2.09. The van der Waals surface area contributed by atoms with Crippen LogP contribution in [0.3, 0.4) is 0 Å². The fraction of sp³-hybridized carbons (Fsp3) is 0.385. The molecule has 0 amide bonds. The number of ether oxygens (including phenoxy) is 1. The van der Waals surface area contributed by atoms with Crippen molar-refractivity contribution < 1.29 is 9.26 Å². The second-order valence-electron chi connectivity index (χ2n) is 3.98. The first-order valence-electron chi connectivity index (χ1n) is 5.92. The van der Waals surface area contributed by atoms with E-state index in [0.29, 0.717) is 6.61 Å². The molecular weight excluding hydrogens is 230 g/mol. The molecule has 0 aliphatic rings. The molecule has 5 nitrogen and oxygen atoms in total. The third-order valence-corrected chi connectivity index (χ3v) is 2.67. The molecule has 1 aromatic carbocycles. The van der Waals surface area contributed by atoms with Crippen LogP contribution in [0.1, 0.15) is 17.0 Å². The van der Waals surface area contributed by atoms with E-state index in [1.54, 1.807) is 7.11 Å². The molecule has 5 heteroatoms. The number of methoxy groups -OCH3 is 1. The van der Waals surface area contributed by atoms with Crippen LogP contribution in [0.4, 0.5) is 0 Å². The SMILES string of the molecule is COCc1ccccc1CNCCc1ncon1. The lowest BCUT2D eigenvalue weighted by Crippen LogP contribution is -2.18. The standard InChI is InChI=1S/C13H17N3O2/c1-17-9-12-5-3-2-4-11(12)8-14-7-6-13-15-10-18-16-13/h2-5,10,14H,6-9H2,1H3. The highest BCUT2D eigenvalue weighted by molar-refractivity contribution is 5.26. The van der Waals surface area contributed by atoms with Crippen LogP contribution in [0, 0.1) is 0 Å². The normalized spacial score (nSPS) is 10.7. The molecule has 0 fully saturated rings. The highest BCUT2D eigenvalue weighted by Gasteiger charge is 2.02. The summed E-state index contributed by atoms with van der Waals surface area (Å²) in [4.78, 5) is 3.97. The Hall–Kier alpha value is -1.72. The number of hydrogen-bond acceptors (Lipinski definition) is 5. The summed E-state index contributed by atoms with van der Waals surface area (Å²) in [6, 6.07) is 8.25. The van der Waals surface area contributed by atoms with Crippen molar-refractivity contribution in [1.82, 2.24) is 15.5 Å². The Morgan fingerprint density at radius 2 is 2.11 bits per heavy atom. The van der Waals surface area contributed by atoms with Gasteiger partial charge >= 0.3 is 0 Å². The molecule has 1 N–H and O–H groups in total. The van der Waals surface area contributed by atoms with Crippen LogP contribution in [-0.2, 0) is 24.3 Å². The molecule has 0 aliphatic carbocycles. The summed E-state index contributed by atoms with van der Waals surface area (Å²) in [5.41, 5.74) is 2.47. The van der Waals surface area contributed by atoms with Crippen molar-refractivity contribution in [2.75, 3.05) is 13.7 Å². The van der Waals surface area contributed by atoms with Crippen LogP contribution >= 0.6 is 0 Å². The van der Waals surface area contributed by atoms with Gasteiger partial charge in [0.05, 0.1) is 6.61 Å². The lowest BCUT2D eigenvalue weighted by molar-refractivity contribution is 0.184. The van der Waals surface area contributed by atoms with Crippen LogP contribution in [0.5, 0.6) is 0 Å². The lowest BCUT2D eigenvalue weighted by Gasteiger charge is -2.09. The van der Waals surface area contributed by atoms with Crippen molar-refractivity contribution in [3.63, 3.8) is 0 Å². The quantitative estimate of drug-likeness (QED) is 0.752. The lowest BCUT2D eigenvalue weighted by atomic mass is 10.1. The molecule has 1 heterocycles. The fourth-order valence-electron chi connectivity index (χ4n) is 1.75. The van der Waals surface area contributed by atoms with Crippen molar-refractivity contribution in [2.45, 2.75) is 19.6 Å². The van der Waals surface area contributed by atoms with Gasteiger partial charge in [0.25, 0.3) is 0 Å². The third-order valence-electron chi connectivity index (χ3n) is 2.67. The predicted molar refractivity (Wildman–Crippen MR) is 66.9 cm³/mol. The first-order chi connectivity index (χ1) is 8.90. The Kier molecular flexibility index (Phi) is 4.87. The first kappa shape index (κ1) is 12.7. The summed E-state index contributed by atoms with van der Waals surface area (Å²) in [7, 11) is 1.71. The molecule has 1 aromatic heterocycles. The van der Waals surface area contributed by atoms with E-state index in [4.69, 9.17) is 4.74 Å². The van der Waals surface area contributed by atoms with Crippen LogP contribution in [0.25, 0.3) is 0 Å². The molecule has 0 bridgehead atoms. The van der Waals surface area contributed by atoms with Gasteiger partial charge in [-0.15, -0.1) is 0 Å². The van der Waals surface area contributed by atoms with Gasteiger partial charge in [-0.2, -0.15) is 4.98 Å². The van der Waals surface area contributed by atoms with E-state index in [9.17, 15) is 0 Å². The van der Waals surface area contributed by atoms with Gasteiger partial charge in [0, 0.05) is 26.6 Å². The van der Waals surface area contributed by atoms with E-state index >= 15 is 0 Å². The van der Waals surface area contributed by atoms with Gasteiger partial charge in [0.2, 0.25) is 6.39 Å². The molecule has 0 saturated carbocycles. The minimum absolute atomic E-state index is 0.642. The van der Waals surface area contributed by atoms with Crippen LogP contribution in [-0.4, -0.2) is 23.8 Å². The maximum Gasteiger partial charge on any atom is 0.213 e. The Morgan fingerprint density at radius 1 is 1.28 bits per heavy atom. The molecule has 0 aliphatic heterocycles. The van der Waals surface area contributed by atoms with Crippen LogP contribution in [0.2, 0.25) is 0 Å². The van der Waals surface area contributed by atoms with E-state index < -0.39 is 0 Å². The zero-order valence-electron chi connectivity index (χ0n) is 10.4. The Morgan fingerprint density at radius 3 is 2.83 bits per heavy atom. The monoisotopic (exact) mass is 247 g/mol. The van der Waals surface area contributed by atoms with Crippen molar-refractivity contribution in [1.29, 1.82) is 0 Å². The molecule has 0 atom stereocenters. The van der Waals surface area contributed by atoms with Gasteiger partial charge in [-0.1, -0.05) is 29.4 Å². The molecule has 0 unspecified atom stereocenters. The summed E-state index contributed by atoms with van der Waals surface area (Å²) < 4.78 is 9.85. The fourth-order valence-corrected chi connectivity index (χ4v) is 1.75. The molecule has 2 aromatic rings. The smallest absolute Gasteiger partial charge is 0.213 e. The average molecular weight is 247 g/mol. The minimum atomic E-state index is 0.642. The van der Waals surface area contributed by atoms with E-state index in [2.05, 4.69) is 32.1 Å². The number of rotatable bonds is 7. The highest BCUT2D eigenvalue weighted by atomic mass is 16.5. The Balaban J connectivity index is 1.79.